The maximum Gasteiger partial charge on any atom is 0.283 e. The first-order valence-electron chi connectivity index (χ1n) is 7.58. The van der Waals surface area contributed by atoms with Gasteiger partial charge in [-0.2, -0.15) is 0 Å². The molecular formula is C16H21BrClNO2. The van der Waals surface area contributed by atoms with E-state index in [4.69, 9.17) is 11.6 Å². The third kappa shape index (κ3) is 4.19. The zero-order valence-electron chi connectivity index (χ0n) is 12.2. The smallest absolute Gasteiger partial charge is 0.258 e. The summed E-state index contributed by atoms with van der Waals surface area (Å²) in [5, 5.41) is 11.2. The molecule has 5 heteroatoms. The minimum Gasteiger partial charge on any atom is -0.258 e. The molecule has 0 aliphatic heterocycles. The van der Waals surface area contributed by atoms with Crippen LogP contribution in [0.2, 0.25) is 0 Å². The van der Waals surface area contributed by atoms with E-state index in [0.29, 0.717) is 10.4 Å². The van der Waals surface area contributed by atoms with Crippen LogP contribution in [-0.4, -0.2) is 10.3 Å². The second-order valence-electron chi connectivity index (χ2n) is 5.96. The molecule has 21 heavy (non-hydrogen) atoms. The van der Waals surface area contributed by atoms with Crippen LogP contribution < -0.4 is 0 Å². The van der Waals surface area contributed by atoms with Crippen LogP contribution in [0.4, 0.5) is 5.69 Å². The van der Waals surface area contributed by atoms with Crippen LogP contribution in [0.3, 0.4) is 0 Å². The minimum absolute atomic E-state index is 0.138. The van der Waals surface area contributed by atoms with Crippen molar-refractivity contribution < 1.29 is 4.92 Å². The summed E-state index contributed by atoms with van der Waals surface area (Å²) in [6, 6.07) is 5.25. The number of nitrogens with zero attached hydrogens (tertiary/aromatic N) is 1. The maximum absolute atomic E-state index is 11.0. The second kappa shape index (κ2) is 7.59. The molecule has 3 atom stereocenters. The van der Waals surface area contributed by atoms with Crippen LogP contribution in [0.1, 0.15) is 44.6 Å². The van der Waals surface area contributed by atoms with E-state index in [1.54, 1.807) is 6.07 Å². The number of hydrogen-bond acceptors (Lipinski definition) is 2. The summed E-state index contributed by atoms with van der Waals surface area (Å²) in [4.78, 5) is 10.7. The fraction of sp³-hybridized carbons (Fsp3) is 0.625. The summed E-state index contributed by atoms with van der Waals surface area (Å²) in [6.07, 6.45) is 6.70. The van der Waals surface area contributed by atoms with E-state index < -0.39 is 0 Å². The van der Waals surface area contributed by atoms with Gasteiger partial charge < -0.3 is 0 Å². The number of nitro groups is 1. The molecule has 0 amide bonds. The fourth-order valence-electron chi connectivity index (χ4n) is 3.35. The Morgan fingerprint density at radius 3 is 2.86 bits per heavy atom. The van der Waals surface area contributed by atoms with Crippen molar-refractivity contribution in [1.29, 1.82) is 0 Å². The zero-order valence-corrected chi connectivity index (χ0v) is 14.6. The minimum atomic E-state index is -0.341. The van der Waals surface area contributed by atoms with E-state index in [0.717, 1.165) is 30.7 Å². The summed E-state index contributed by atoms with van der Waals surface area (Å²) < 4.78 is 0.608. The predicted octanol–water partition coefficient (Wildman–Crippen LogP) is 5.72. The number of halogens is 2. The van der Waals surface area contributed by atoms with Crippen LogP contribution >= 0.6 is 27.5 Å². The summed E-state index contributed by atoms with van der Waals surface area (Å²) >= 11 is 9.89. The number of benzene rings is 1. The van der Waals surface area contributed by atoms with Crippen molar-refractivity contribution >= 4 is 33.2 Å². The van der Waals surface area contributed by atoms with Gasteiger partial charge in [0, 0.05) is 11.4 Å². The van der Waals surface area contributed by atoms with Crippen molar-refractivity contribution in [2.45, 2.75) is 50.8 Å². The number of hydrogen-bond donors (Lipinski definition) is 0. The average Bonchev–Trinajstić information content (AvgIpc) is 2.44. The predicted molar refractivity (Wildman–Crippen MR) is 89.9 cm³/mol. The molecule has 1 aliphatic rings. The molecule has 2 rings (SSSR count). The van der Waals surface area contributed by atoms with Gasteiger partial charge in [0.15, 0.2) is 0 Å². The van der Waals surface area contributed by atoms with Gasteiger partial charge in [-0.15, -0.1) is 11.6 Å². The average molecular weight is 375 g/mol. The van der Waals surface area contributed by atoms with Crippen molar-refractivity contribution in [2.24, 2.45) is 11.8 Å². The monoisotopic (exact) mass is 373 g/mol. The lowest BCUT2D eigenvalue weighted by Gasteiger charge is -2.33. The van der Waals surface area contributed by atoms with Gasteiger partial charge in [-0.1, -0.05) is 31.9 Å². The van der Waals surface area contributed by atoms with Gasteiger partial charge in [-0.25, -0.2) is 0 Å². The van der Waals surface area contributed by atoms with Gasteiger partial charge in [-0.3, -0.25) is 10.1 Å². The first-order valence-corrected chi connectivity index (χ1v) is 8.81. The molecule has 1 aromatic rings. The Balaban J connectivity index is 2.13. The topological polar surface area (TPSA) is 43.1 Å². The molecule has 0 heterocycles. The highest BCUT2D eigenvalue weighted by molar-refractivity contribution is 9.10. The van der Waals surface area contributed by atoms with Crippen molar-refractivity contribution in [2.75, 3.05) is 0 Å². The molecule has 1 fully saturated rings. The first-order chi connectivity index (χ1) is 10.0. The van der Waals surface area contributed by atoms with Gasteiger partial charge in [0.2, 0.25) is 0 Å². The lowest BCUT2D eigenvalue weighted by Crippen LogP contribution is -2.27. The van der Waals surface area contributed by atoms with Crippen LogP contribution in [0.25, 0.3) is 0 Å². The molecule has 3 nitrogen and oxygen atoms in total. The van der Waals surface area contributed by atoms with Crippen molar-refractivity contribution in [3.8, 4) is 0 Å². The van der Waals surface area contributed by atoms with E-state index >= 15 is 0 Å². The number of rotatable bonds is 5. The first kappa shape index (κ1) is 16.8. The molecule has 3 unspecified atom stereocenters. The van der Waals surface area contributed by atoms with Gasteiger partial charge in [0.25, 0.3) is 5.69 Å². The molecule has 0 saturated heterocycles. The highest BCUT2D eigenvalue weighted by Gasteiger charge is 2.30. The molecule has 1 saturated carbocycles. The number of alkyl halides is 1. The lowest BCUT2D eigenvalue weighted by atomic mass is 9.76. The normalized spacial score (nSPS) is 25.8. The molecule has 0 N–H and O–H groups in total. The van der Waals surface area contributed by atoms with Crippen LogP contribution in [0.5, 0.6) is 0 Å². The molecule has 0 spiro atoms. The third-order valence-corrected chi connectivity index (χ3v) is 5.92. The zero-order chi connectivity index (χ0) is 15.4. The Morgan fingerprint density at radius 2 is 2.19 bits per heavy atom. The Bertz CT molecular complexity index is 509. The molecule has 116 valence electrons. The van der Waals surface area contributed by atoms with Gasteiger partial charge in [0.1, 0.15) is 0 Å². The molecular weight excluding hydrogens is 354 g/mol. The van der Waals surface area contributed by atoms with Gasteiger partial charge in [-0.05, 0) is 59.0 Å². The molecule has 1 aliphatic carbocycles. The van der Waals surface area contributed by atoms with Gasteiger partial charge in [0.05, 0.1) is 9.40 Å². The van der Waals surface area contributed by atoms with Crippen LogP contribution in [0.15, 0.2) is 22.7 Å². The molecule has 1 aromatic carbocycles. The van der Waals surface area contributed by atoms with Crippen LogP contribution in [0, 0.1) is 22.0 Å². The summed E-state index contributed by atoms with van der Waals surface area (Å²) in [5.41, 5.74) is 1.14. The van der Waals surface area contributed by atoms with Crippen LogP contribution in [-0.2, 0) is 6.42 Å². The van der Waals surface area contributed by atoms with Crippen molar-refractivity contribution in [3.63, 3.8) is 0 Å². The second-order valence-corrected chi connectivity index (χ2v) is 7.31. The van der Waals surface area contributed by atoms with Crippen molar-refractivity contribution in [3.05, 3.63) is 38.3 Å². The van der Waals surface area contributed by atoms with E-state index in [9.17, 15) is 10.1 Å². The van der Waals surface area contributed by atoms with E-state index in [-0.39, 0.29) is 16.0 Å². The van der Waals surface area contributed by atoms with E-state index in [2.05, 4.69) is 22.9 Å². The Kier molecular flexibility index (Phi) is 6.06. The fourth-order valence-corrected chi connectivity index (χ4v) is 4.24. The Hall–Kier alpha value is -0.610. The molecule has 0 radical (unpaired) electrons. The van der Waals surface area contributed by atoms with E-state index in [1.165, 1.54) is 25.3 Å². The standard InChI is InChI=1S/C16H21BrClNO2/c1-2-4-11-7-8-14(18)13(9-11)10-12-5-3-6-15(16(12)17)19(20)21/h3,5-6,11,13-14H,2,4,7-10H2,1H3. The third-order valence-electron chi connectivity index (χ3n) is 4.43. The van der Waals surface area contributed by atoms with E-state index in [1.807, 2.05) is 6.07 Å². The highest BCUT2D eigenvalue weighted by Crippen LogP contribution is 2.39. The summed E-state index contributed by atoms with van der Waals surface area (Å²) in [7, 11) is 0. The maximum atomic E-state index is 11.0. The quantitative estimate of drug-likeness (QED) is 0.375. The molecule has 0 aromatic heterocycles. The SMILES string of the molecule is CCCC1CCC(Cl)C(Cc2cccc([N+](=O)[O-])c2Br)C1. The summed E-state index contributed by atoms with van der Waals surface area (Å²) in [5.74, 6) is 1.17. The van der Waals surface area contributed by atoms with Crippen molar-refractivity contribution in [1.82, 2.24) is 0 Å². The Morgan fingerprint density at radius 1 is 1.43 bits per heavy atom. The number of nitro benzene ring substituents is 1. The largest absolute Gasteiger partial charge is 0.283 e. The van der Waals surface area contributed by atoms with Gasteiger partial charge >= 0.3 is 0 Å². The highest BCUT2D eigenvalue weighted by atomic mass is 79.9. The Labute approximate surface area is 139 Å². The lowest BCUT2D eigenvalue weighted by molar-refractivity contribution is -0.385. The summed E-state index contributed by atoms with van der Waals surface area (Å²) in [6.45, 7) is 2.22. The molecule has 0 bridgehead atoms.